The number of hydrogen-bond acceptors (Lipinski definition) is 2. The second-order valence-corrected chi connectivity index (χ2v) is 7.08. The van der Waals surface area contributed by atoms with Gasteiger partial charge in [0.05, 0.1) is 0 Å². The zero-order valence-corrected chi connectivity index (χ0v) is 15.5. The lowest BCUT2D eigenvalue weighted by Gasteiger charge is -2.02. The van der Waals surface area contributed by atoms with E-state index in [0.717, 1.165) is 12.8 Å². The molecule has 4 rings (SSSR count). The molecule has 0 unspecified atom stereocenters. The maximum atomic E-state index is 5.76. The molecule has 0 aliphatic heterocycles. The molecule has 0 amide bonds. The van der Waals surface area contributed by atoms with Crippen LogP contribution in [0.4, 0.5) is 0 Å². The molecule has 4 nitrogen and oxygen atoms in total. The van der Waals surface area contributed by atoms with Gasteiger partial charge in [-0.1, -0.05) is 36.4 Å². The van der Waals surface area contributed by atoms with E-state index in [2.05, 4.69) is 46.4 Å². The molecule has 0 aliphatic carbocycles. The van der Waals surface area contributed by atoms with Crippen LogP contribution in [-0.4, -0.2) is 22.1 Å². The van der Waals surface area contributed by atoms with Crippen molar-refractivity contribution in [3.63, 3.8) is 0 Å². The molecule has 4 heteroatoms. The van der Waals surface area contributed by atoms with Crippen molar-refractivity contribution >= 4 is 21.8 Å². The average Bonchev–Trinajstić information content (AvgIpc) is 3.20. The van der Waals surface area contributed by atoms with Crippen LogP contribution in [0, 0.1) is 0 Å². The number of benzene rings is 2. The number of para-hydroxylation sites is 2. The van der Waals surface area contributed by atoms with Crippen molar-refractivity contribution in [2.24, 2.45) is 11.5 Å². The molecule has 26 heavy (non-hydrogen) atoms. The molecule has 0 fully saturated rings. The third kappa shape index (κ3) is 4.34. The van der Waals surface area contributed by atoms with Crippen LogP contribution in [0.25, 0.3) is 21.8 Å². The lowest BCUT2D eigenvalue weighted by molar-refractivity contribution is 0.741. The van der Waals surface area contributed by atoms with E-state index >= 15 is 0 Å². The summed E-state index contributed by atoms with van der Waals surface area (Å²) in [7, 11) is 0. The summed E-state index contributed by atoms with van der Waals surface area (Å²) in [5, 5.41) is 2.58. The zero-order valence-electron chi connectivity index (χ0n) is 15.5. The number of nitrogens with one attached hydrogen (secondary N) is 2. The van der Waals surface area contributed by atoms with Crippen molar-refractivity contribution in [1.82, 2.24) is 9.97 Å². The van der Waals surface area contributed by atoms with Crippen molar-refractivity contribution < 1.29 is 0 Å². The SMILES string of the molecule is C[C@@H](N)Cc1c[nH]c2ccccc12.C[C@@H](N)Cc1c[nH]c2ccccc12. The van der Waals surface area contributed by atoms with Crippen LogP contribution in [0.1, 0.15) is 25.0 Å². The number of nitrogens with two attached hydrogens (primary N) is 2. The first kappa shape index (κ1) is 18.2. The first-order chi connectivity index (χ1) is 12.5. The van der Waals surface area contributed by atoms with Gasteiger partial charge in [-0.15, -0.1) is 0 Å². The maximum Gasteiger partial charge on any atom is 0.0456 e. The molecule has 2 heterocycles. The van der Waals surface area contributed by atoms with Crippen LogP contribution in [0.2, 0.25) is 0 Å². The van der Waals surface area contributed by atoms with Crippen LogP contribution in [-0.2, 0) is 12.8 Å². The average molecular weight is 348 g/mol. The fourth-order valence-corrected chi connectivity index (χ4v) is 3.29. The van der Waals surface area contributed by atoms with Crippen molar-refractivity contribution in [2.45, 2.75) is 38.8 Å². The molecule has 4 aromatic rings. The second kappa shape index (κ2) is 8.21. The molecule has 2 atom stereocenters. The Labute approximate surface area is 154 Å². The van der Waals surface area contributed by atoms with Crippen LogP contribution in [0.5, 0.6) is 0 Å². The lowest BCUT2D eigenvalue weighted by Crippen LogP contribution is -2.17. The second-order valence-electron chi connectivity index (χ2n) is 7.08. The maximum absolute atomic E-state index is 5.76. The summed E-state index contributed by atoms with van der Waals surface area (Å²) in [6.45, 7) is 4.06. The fraction of sp³-hybridized carbons (Fsp3) is 0.273. The fourth-order valence-electron chi connectivity index (χ4n) is 3.29. The summed E-state index contributed by atoms with van der Waals surface area (Å²) >= 11 is 0. The molecule has 2 aromatic heterocycles. The quantitative estimate of drug-likeness (QED) is 0.447. The summed E-state index contributed by atoms with van der Waals surface area (Å²) in [5.74, 6) is 0. The van der Waals surface area contributed by atoms with E-state index in [9.17, 15) is 0 Å². The third-order valence-electron chi connectivity index (χ3n) is 4.43. The Morgan fingerprint density at radius 2 is 1.08 bits per heavy atom. The third-order valence-corrected chi connectivity index (χ3v) is 4.43. The minimum atomic E-state index is 0.221. The highest BCUT2D eigenvalue weighted by Gasteiger charge is 2.05. The lowest BCUT2D eigenvalue weighted by atomic mass is 10.1. The van der Waals surface area contributed by atoms with E-state index in [1.54, 1.807) is 0 Å². The summed E-state index contributed by atoms with van der Waals surface area (Å²) in [5.41, 5.74) is 16.5. The number of aromatic amines is 2. The topological polar surface area (TPSA) is 83.6 Å². The molecule has 0 radical (unpaired) electrons. The van der Waals surface area contributed by atoms with E-state index in [4.69, 9.17) is 11.5 Å². The first-order valence-electron chi connectivity index (χ1n) is 9.15. The van der Waals surface area contributed by atoms with Gasteiger partial charge in [-0.2, -0.15) is 0 Å². The van der Waals surface area contributed by atoms with Crippen LogP contribution >= 0.6 is 0 Å². The van der Waals surface area contributed by atoms with Crippen molar-refractivity contribution in [3.8, 4) is 0 Å². The van der Waals surface area contributed by atoms with Gasteiger partial charge in [-0.05, 0) is 49.9 Å². The van der Waals surface area contributed by atoms with Crippen LogP contribution in [0.3, 0.4) is 0 Å². The van der Waals surface area contributed by atoms with Crippen LogP contribution in [0.15, 0.2) is 60.9 Å². The van der Waals surface area contributed by atoms with Crippen molar-refractivity contribution in [2.75, 3.05) is 0 Å². The van der Waals surface area contributed by atoms with Gasteiger partial charge < -0.3 is 21.4 Å². The summed E-state index contributed by atoms with van der Waals surface area (Å²) < 4.78 is 0. The van der Waals surface area contributed by atoms with Crippen molar-refractivity contribution in [3.05, 3.63) is 72.1 Å². The first-order valence-corrected chi connectivity index (χ1v) is 9.15. The van der Waals surface area contributed by atoms with E-state index in [-0.39, 0.29) is 12.1 Å². The molecule has 2 aromatic carbocycles. The number of H-pyrrole nitrogens is 2. The monoisotopic (exact) mass is 348 g/mol. The van der Waals surface area contributed by atoms with Gasteiger partial charge in [0.15, 0.2) is 0 Å². The van der Waals surface area contributed by atoms with Crippen LogP contribution < -0.4 is 11.5 Å². The normalized spacial score (nSPS) is 13.4. The van der Waals surface area contributed by atoms with Crippen molar-refractivity contribution in [1.29, 1.82) is 0 Å². The molecule has 136 valence electrons. The predicted octanol–water partition coefficient (Wildman–Crippen LogP) is 4.12. The minimum Gasteiger partial charge on any atom is -0.361 e. The molecule has 6 N–H and O–H groups in total. The molecule has 0 bridgehead atoms. The number of rotatable bonds is 4. The zero-order chi connectivity index (χ0) is 18.5. The van der Waals surface area contributed by atoms with Gasteiger partial charge in [0.2, 0.25) is 0 Å². The van der Waals surface area contributed by atoms with E-state index in [1.807, 2.05) is 38.4 Å². The standard InChI is InChI=1S/2C11H14N2/c2*1-8(12)6-9-7-13-11-5-3-2-4-10(9)11/h2*2-5,7-8,13H,6,12H2,1H3/t2*8-/m11/s1. The molecule has 0 spiro atoms. The Balaban J connectivity index is 0.000000151. The van der Waals surface area contributed by atoms with Gasteiger partial charge in [-0.25, -0.2) is 0 Å². The van der Waals surface area contributed by atoms with Gasteiger partial charge in [0.25, 0.3) is 0 Å². The van der Waals surface area contributed by atoms with Gasteiger partial charge in [0.1, 0.15) is 0 Å². The molecule has 0 saturated heterocycles. The Morgan fingerprint density at radius 3 is 1.46 bits per heavy atom. The highest BCUT2D eigenvalue weighted by atomic mass is 14.7. The van der Waals surface area contributed by atoms with Gasteiger partial charge >= 0.3 is 0 Å². The molecule has 0 aliphatic rings. The highest BCUT2D eigenvalue weighted by molar-refractivity contribution is 5.83. The Morgan fingerprint density at radius 1 is 0.692 bits per heavy atom. The smallest absolute Gasteiger partial charge is 0.0456 e. The predicted molar refractivity (Wildman–Crippen MR) is 111 cm³/mol. The van der Waals surface area contributed by atoms with Gasteiger partial charge in [0, 0.05) is 46.3 Å². The Bertz CT molecular complexity index is 882. The highest BCUT2D eigenvalue weighted by Crippen LogP contribution is 2.19. The van der Waals surface area contributed by atoms with Gasteiger partial charge in [-0.3, -0.25) is 0 Å². The molecular formula is C22H28N4. The number of hydrogen-bond donors (Lipinski definition) is 4. The minimum absolute atomic E-state index is 0.221. The molecule has 0 saturated carbocycles. The Kier molecular flexibility index (Phi) is 5.76. The number of fused-ring (bicyclic) bond motifs is 2. The summed E-state index contributed by atoms with van der Waals surface area (Å²) in [6, 6.07) is 17.1. The summed E-state index contributed by atoms with van der Waals surface area (Å²) in [6.07, 6.45) is 5.97. The number of aromatic nitrogens is 2. The van der Waals surface area contributed by atoms with E-state index in [1.165, 1.54) is 32.9 Å². The Hall–Kier alpha value is -2.56. The molecular weight excluding hydrogens is 320 g/mol. The van der Waals surface area contributed by atoms with E-state index in [0.29, 0.717) is 0 Å². The summed E-state index contributed by atoms with van der Waals surface area (Å²) in [4.78, 5) is 6.48. The largest absolute Gasteiger partial charge is 0.361 e. The van der Waals surface area contributed by atoms with E-state index < -0.39 is 0 Å².